The molecule has 3 aromatic rings. The first-order valence-corrected chi connectivity index (χ1v) is 12.8. The molecule has 0 spiro atoms. The summed E-state index contributed by atoms with van der Waals surface area (Å²) < 4.78 is 6.79. The topological polar surface area (TPSA) is 26.3 Å². The zero-order chi connectivity index (χ0) is 19.4. The molecule has 0 aromatic heterocycles. The van der Waals surface area contributed by atoms with Crippen molar-refractivity contribution >= 4 is 35.2 Å². The van der Waals surface area contributed by atoms with Gasteiger partial charge in [-0.25, -0.2) is 0 Å². The zero-order valence-corrected chi connectivity index (χ0v) is 17.6. The maximum absolute atomic E-state index is 12.6. The Morgan fingerprint density at radius 3 is 2.50 bits per heavy atom. The van der Waals surface area contributed by atoms with E-state index in [4.69, 9.17) is 4.43 Å². The number of hydrogen-bond donors (Lipinski definition) is 0. The Balaban J connectivity index is 1.74. The standard InChI is InChI=1S/C25H28O2Si/c1-28(22-14-5-3-6-15-22,27-19-21-12-4-2-7-17-24(21)26)25-18-10-13-20-11-8-9-16-23(20)25/h3,5-6,8-11,13-16,18,21H,2,4,7,12,17,19H2,1H3. The molecule has 0 saturated heterocycles. The molecule has 1 saturated carbocycles. The second kappa shape index (κ2) is 8.42. The van der Waals surface area contributed by atoms with Crippen LogP contribution in [0.15, 0.2) is 72.8 Å². The highest BCUT2D eigenvalue weighted by atomic mass is 28.4. The van der Waals surface area contributed by atoms with Crippen LogP contribution in [-0.2, 0) is 9.22 Å². The van der Waals surface area contributed by atoms with Gasteiger partial charge in [0.25, 0.3) is 8.32 Å². The summed E-state index contributed by atoms with van der Waals surface area (Å²) in [6, 6.07) is 25.6. The van der Waals surface area contributed by atoms with Gasteiger partial charge in [-0.15, -0.1) is 0 Å². The minimum atomic E-state index is -2.45. The van der Waals surface area contributed by atoms with E-state index in [1.165, 1.54) is 27.6 Å². The third-order valence-electron chi connectivity index (χ3n) is 6.13. The molecule has 2 unspecified atom stereocenters. The molecule has 3 heteroatoms. The van der Waals surface area contributed by atoms with Gasteiger partial charge in [0.2, 0.25) is 0 Å². The van der Waals surface area contributed by atoms with E-state index in [-0.39, 0.29) is 5.92 Å². The maximum atomic E-state index is 12.6. The monoisotopic (exact) mass is 388 g/mol. The number of carbonyl (C=O) groups is 1. The van der Waals surface area contributed by atoms with Gasteiger partial charge in [0, 0.05) is 18.9 Å². The van der Waals surface area contributed by atoms with E-state index in [0.717, 1.165) is 19.3 Å². The molecule has 0 radical (unpaired) electrons. The molecular formula is C25H28O2Si. The van der Waals surface area contributed by atoms with E-state index >= 15 is 0 Å². The van der Waals surface area contributed by atoms with Gasteiger partial charge >= 0.3 is 0 Å². The van der Waals surface area contributed by atoms with Crippen LogP contribution in [0.5, 0.6) is 0 Å². The van der Waals surface area contributed by atoms with E-state index in [2.05, 4.69) is 79.3 Å². The van der Waals surface area contributed by atoms with Crippen LogP contribution >= 0.6 is 0 Å². The van der Waals surface area contributed by atoms with Crippen molar-refractivity contribution in [1.29, 1.82) is 0 Å². The van der Waals surface area contributed by atoms with Crippen molar-refractivity contribution in [1.82, 2.24) is 0 Å². The molecule has 0 bridgehead atoms. The fourth-order valence-electron chi connectivity index (χ4n) is 4.39. The number of carbonyl (C=O) groups excluding carboxylic acids is 1. The van der Waals surface area contributed by atoms with Crippen molar-refractivity contribution in [3.63, 3.8) is 0 Å². The van der Waals surface area contributed by atoms with Crippen molar-refractivity contribution in [3.05, 3.63) is 72.8 Å². The molecule has 28 heavy (non-hydrogen) atoms. The number of benzene rings is 3. The summed E-state index contributed by atoms with van der Waals surface area (Å²) >= 11 is 0. The molecule has 3 aromatic carbocycles. The number of hydrogen-bond acceptors (Lipinski definition) is 2. The molecular weight excluding hydrogens is 360 g/mol. The number of ketones is 1. The third-order valence-corrected chi connectivity index (χ3v) is 9.78. The minimum absolute atomic E-state index is 0.0491. The Hall–Kier alpha value is -2.23. The lowest BCUT2D eigenvalue weighted by molar-refractivity contribution is -0.123. The Morgan fingerprint density at radius 1 is 0.893 bits per heavy atom. The van der Waals surface area contributed by atoms with Gasteiger partial charge in [-0.05, 0) is 40.5 Å². The van der Waals surface area contributed by atoms with Gasteiger partial charge in [0.15, 0.2) is 0 Å². The largest absolute Gasteiger partial charge is 0.407 e. The summed E-state index contributed by atoms with van der Waals surface area (Å²) in [5.41, 5.74) is 0. The molecule has 144 valence electrons. The quantitative estimate of drug-likeness (QED) is 0.468. The Kier molecular flexibility index (Phi) is 5.74. The Bertz CT molecular complexity index is 948. The highest BCUT2D eigenvalue weighted by molar-refractivity contribution is 6.98. The number of fused-ring (bicyclic) bond motifs is 1. The first-order chi connectivity index (χ1) is 13.7. The SMILES string of the molecule is C[Si](OCC1CCCCCC1=O)(c1ccccc1)c1cccc2ccccc12. The van der Waals surface area contributed by atoms with E-state index in [1.807, 2.05) is 0 Å². The average molecular weight is 389 g/mol. The molecule has 4 rings (SSSR count). The molecule has 0 amide bonds. The van der Waals surface area contributed by atoms with Crippen molar-refractivity contribution < 1.29 is 9.22 Å². The summed E-state index contributed by atoms with van der Waals surface area (Å²) in [5, 5.41) is 5.05. The summed E-state index contributed by atoms with van der Waals surface area (Å²) in [6.45, 7) is 2.82. The average Bonchev–Trinajstić information content (AvgIpc) is 2.96. The normalized spacial score (nSPS) is 19.9. The first kappa shape index (κ1) is 19.1. The van der Waals surface area contributed by atoms with Crippen LogP contribution in [0, 0.1) is 5.92 Å². The predicted octanol–water partition coefficient (Wildman–Crippen LogP) is 4.70. The fourth-order valence-corrected chi connectivity index (χ4v) is 7.54. The van der Waals surface area contributed by atoms with Crippen LogP contribution < -0.4 is 10.4 Å². The lowest BCUT2D eigenvalue weighted by Crippen LogP contribution is -2.59. The van der Waals surface area contributed by atoms with Gasteiger partial charge in [-0.1, -0.05) is 85.6 Å². The van der Waals surface area contributed by atoms with E-state index < -0.39 is 8.32 Å². The Labute approximate surface area is 168 Å². The van der Waals surface area contributed by atoms with Crippen molar-refractivity contribution in [2.24, 2.45) is 5.92 Å². The van der Waals surface area contributed by atoms with Crippen LogP contribution in [0.4, 0.5) is 0 Å². The van der Waals surface area contributed by atoms with Gasteiger partial charge in [0.05, 0.1) is 0 Å². The Morgan fingerprint density at radius 2 is 1.64 bits per heavy atom. The first-order valence-electron chi connectivity index (χ1n) is 10.4. The van der Waals surface area contributed by atoms with Crippen molar-refractivity contribution in [2.45, 2.75) is 38.7 Å². The zero-order valence-electron chi connectivity index (χ0n) is 16.6. The smallest absolute Gasteiger partial charge is 0.253 e. The van der Waals surface area contributed by atoms with Crippen molar-refractivity contribution in [3.8, 4) is 0 Å². The lowest BCUT2D eigenvalue weighted by atomic mass is 10.0. The van der Waals surface area contributed by atoms with Crippen LogP contribution in [-0.4, -0.2) is 20.7 Å². The predicted molar refractivity (Wildman–Crippen MR) is 119 cm³/mol. The second-order valence-corrected chi connectivity index (χ2v) is 11.5. The van der Waals surface area contributed by atoms with Crippen LogP contribution in [0.1, 0.15) is 32.1 Å². The molecule has 1 fully saturated rings. The highest BCUT2D eigenvalue weighted by Gasteiger charge is 2.37. The van der Waals surface area contributed by atoms with E-state index in [1.54, 1.807) is 0 Å². The summed E-state index contributed by atoms with van der Waals surface area (Å²) in [4.78, 5) is 12.6. The second-order valence-electron chi connectivity index (χ2n) is 8.00. The third kappa shape index (κ3) is 3.82. The molecule has 2 nitrogen and oxygen atoms in total. The minimum Gasteiger partial charge on any atom is -0.407 e. The van der Waals surface area contributed by atoms with Crippen LogP contribution in [0.3, 0.4) is 0 Å². The van der Waals surface area contributed by atoms with Gasteiger partial charge in [0.1, 0.15) is 5.78 Å². The molecule has 0 heterocycles. The molecule has 2 atom stereocenters. The molecule has 1 aliphatic carbocycles. The van der Waals surface area contributed by atoms with Crippen LogP contribution in [0.2, 0.25) is 6.55 Å². The van der Waals surface area contributed by atoms with Gasteiger partial charge in [-0.2, -0.15) is 0 Å². The summed E-state index contributed by atoms with van der Waals surface area (Å²) in [6.07, 6.45) is 5.02. The molecule has 0 aliphatic heterocycles. The summed E-state index contributed by atoms with van der Waals surface area (Å²) in [7, 11) is -2.45. The maximum Gasteiger partial charge on any atom is 0.253 e. The highest BCUT2D eigenvalue weighted by Crippen LogP contribution is 2.23. The van der Waals surface area contributed by atoms with Gasteiger partial charge in [-0.3, -0.25) is 4.79 Å². The van der Waals surface area contributed by atoms with E-state index in [0.29, 0.717) is 18.8 Å². The summed E-state index contributed by atoms with van der Waals surface area (Å²) in [5.74, 6) is 0.438. The fraction of sp³-hybridized carbons (Fsp3) is 0.320. The number of Topliss-reactive ketones (excluding diaryl/α,β-unsaturated/α-hetero) is 1. The molecule has 1 aliphatic rings. The number of rotatable bonds is 5. The van der Waals surface area contributed by atoms with Gasteiger partial charge < -0.3 is 4.43 Å². The van der Waals surface area contributed by atoms with E-state index in [9.17, 15) is 4.79 Å². The van der Waals surface area contributed by atoms with Crippen LogP contribution in [0.25, 0.3) is 10.8 Å². The van der Waals surface area contributed by atoms with Crippen molar-refractivity contribution in [2.75, 3.05) is 6.61 Å². The molecule has 0 N–H and O–H groups in total. The lowest BCUT2D eigenvalue weighted by Gasteiger charge is -2.31.